The average molecular weight is 370 g/mol. The molecule has 0 saturated carbocycles. The maximum absolute atomic E-state index is 4.29. The first-order valence-electron chi connectivity index (χ1n) is 5.71. The first-order chi connectivity index (χ1) is 8.58. The minimum atomic E-state index is 0.225. The second-order valence-corrected chi connectivity index (χ2v) is 5.82. The Morgan fingerprint density at radius 1 is 1.22 bits per heavy atom. The van der Waals surface area contributed by atoms with E-state index < -0.39 is 0 Å². The summed E-state index contributed by atoms with van der Waals surface area (Å²) < 4.78 is 2.01. The zero-order chi connectivity index (χ0) is 13.1. The lowest BCUT2D eigenvalue weighted by Crippen LogP contribution is -2.07. The van der Waals surface area contributed by atoms with Gasteiger partial charge in [0.2, 0.25) is 0 Å². The number of halogens is 2. The molecule has 1 heterocycles. The third-order valence-electron chi connectivity index (χ3n) is 2.77. The number of benzene rings is 1. The number of hydrogen-bond donors (Lipinski definition) is 1. The molecule has 0 bridgehead atoms. The highest BCUT2D eigenvalue weighted by Crippen LogP contribution is 2.26. The molecule has 0 aliphatic carbocycles. The molecule has 18 heavy (non-hydrogen) atoms. The minimum absolute atomic E-state index is 0.225. The Kier molecular flexibility index (Phi) is 4.40. The fourth-order valence-electron chi connectivity index (χ4n) is 1.79. The van der Waals surface area contributed by atoms with Crippen LogP contribution in [0.3, 0.4) is 0 Å². The van der Waals surface area contributed by atoms with E-state index in [1.165, 1.54) is 5.56 Å². The quantitative estimate of drug-likeness (QED) is 0.762. The standard InChI is InChI=1S/C14H14Br2N2/c1-9-7-11(8-17-14(9)16)18-10(2)12-5-3-4-6-13(12)15/h3-8,10,18H,1-2H3. The molecular formula is C14H14Br2N2. The van der Waals surface area contributed by atoms with E-state index in [2.05, 4.69) is 67.3 Å². The molecule has 94 valence electrons. The van der Waals surface area contributed by atoms with Crippen LogP contribution in [-0.2, 0) is 0 Å². The maximum Gasteiger partial charge on any atom is 0.109 e. The van der Waals surface area contributed by atoms with Gasteiger partial charge in [-0.2, -0.15) is 0 Å². The van der Waals surface area contributed by atoms with Crippen LogP contribution in [0.4, 0.5) is 5.69 Å². The van der Waals surface area contributed by atoms with Crippen molar-refractivity contribution in [3.8, 4) is 0 Å². The van der Waals surface area contributed by atoms with E-state index in [1.54, 1.807) is 0 Å². The molecule has 0 spiro atoms. The Morgan fingerprint density at radius 3 is 2.61 bits per heavy atom. The summed E-state index contributed by atoms with van der Waals surface area (Å²) in [5.74, 6) is 0. The third-order valence-corrected chi connectivity index (χ3v) is 4.32. The molecule has 1 N–H and O–H groups in total. The zero-order valence-corrected chi connectivity index (χ0v) is 13.4. The van der Waals surface area contributed by atoms with E-state index in [4.69, 9.17) is 0 Å². The van der Waals surface area contributed by atoms with Crippen molar-refractivity contribution in [3.05, 3.63) is 56.7 Å². The second-order valence-electron chi connectivity index (χ2n) is 4.22. The number of aromatic nitrogens is 1. The number of nitrogens with zero attached hydrogens (tertiary/aromatic N) is 1. The molecule has 0 aliphatic rings. The molecule has 0 saturated heterocycles. The number of nitrogens with one attached hydrogen (secondary N) is 1. The topological polar surface area (TPSA) is 24.9 Å². The predicted molar refractivity (Wildman–Crippen MR) is 82.9 cm³/mol. The molecule has 2 rings (SSSR count). The van der Waals surface area contributed by atoms with Crippen molar-refractivity contribution in [3.63, 3.8) is 0 Å². The van der Waals surface area contributed by atoms with Crippen LogP contribution in [-0.4, -0.2) is 4.98 Å². The summed E-state index contributed by atoms with van der Waals surface area (Å²) in [5, 5.41) is 3.45. The number of aryl methyl sites for hydroxylation is 1. The van der Waals surface area contributed by atoms with Gasteiger partial charge in [-0.05, 0) is 53.0 Å². The molecule has 0 amide bonds. The Labute approximate surface area is 124 Å². The van der Waals surface area contributed by atoms with Crippen molar-refractivity contribution in [2.75, 3.05) is 5.32 Å². The first kappa shape index (κ1) is 13.6. The van der Waals surface area contributed by atoms with Gasteiger partial charge in [0.1, 0.15) is 4.60 Å². The molecule has 1 unspecified atom stereocenters. The normalized spacial score (nSPS) is 12.2. The van der Waals surface area contributed by atoms with Gasteiger partial charge >= 0.3 is 0 Å². The van der Waals surface area contributed by atoms with E-state index in [-0.39, 0.29) is 6.04 Å². The van der Waals surface area contributed by atoms with Crippen molar-refractivity contribution >= 4 is 37.5 Å². The molecular weight excluding hydrogens is 356 g/mol. The highest BCUT2D eigenvalue weighted by Gasteiger charge is 2.09. The van der Waals surface area contributed by atoms with E-state index in [0.29, 0.717) is 0 Å². The summed E-state index contributed by atoms with van der Waals surface area (Å²) in [7, 11) is 0. The van der Waals surface area contributed by atoms with Gasteiger partial charge in [0.05, 0.1) is 11.9 Å². The van der Waals surface area contributed by atoms with Crippen molar-refractivity contribution in [1.82, 2.24) is 4.98 Å². The fourth-order valence-corrected chi connectivity index (χ4v) is 2.64. The maximum atomic E-state index is 4.29. The Balaban J connectivity index is 2.19. The molecule has 2 nitrogen and oxygen atoms in total. The van der Waals surface area contributed by atoms with Crippen LogP contribution in [0.1, 0.15) is 24.1 Å². The smallest absolute Gasteiger partial charge is 0.109 e. The lowest BCUT2D eigenvalue weighted by atomic mass is 10.1. The van der Waals surface area contributed by atoms with Crippen LogP contribution in [0, 0.1) is 6.92 Å². The fraction of sp³-hybridized carbons (Fsp3) is 0.214. The molecule has 1 atom stereocenters. The zero-order valence-electron chi connectivity index (χ0n) is 10.2. The van der Waals surface area contributed by atoms with Crippen molar-refractivity contribution in [2.24, 2.45) is 0 Å². The summed E-state index contributed by atoms with van der Waals surface area (Å²) in [6, 6.07) is 10.5. The first-order valence-corrected chi connectivity index (χ1v) is 7.29. The summed E-state index contributed by atoms with van der Waals surface area (Å²) >= 11 is 6.98. The van der Waals surface area contributed by atoms with Gasteiger partial charge in [0.15, 0.2) is 0 Å². The van der Waals surface area contributed by atoms with Gasteiger partial charge in [-0.15, -0.1) is 0 Å². The third kappa shape index (κ3) is 3.12. The number of rotatable bonds is 3. The van der Waals surface area contributed by atoms with Crippen LogP contribution >= 0.6 is 31.9 Å². The highest BCUT2D eigenvalue weighted by atomic mass is 79.9. The summed E-state index contributed by atoms with van der Waals surface area (Å²) in [6.45, 7) is 4.17. The molecule has 2 aromatic rings. The Hall–Kier alpha value is -0.870. The van der Waals surface area contributed by atoms with Crippen LogP contribution in [0.5, 0.6) is 0 Å². The van der Waals surface area contributed by atoms with Gasteiger partial charge in [-0.1, -0.05) is 34.1 Å². The largest absolute Gasteiger partial charge is 0.377 e. The average Bonchev–Trinajstić information content (AvgIpc) is 2.34. The van der Waals surface area contributed by atoms with Crippen molar-refractivity contribution in [2.45, 2.75) is 19.9 Å². The van der Waals surface area contributed by atoms with E-state index in [9.17, 15) is 0 Å². The highest BCUT2D eigenvalue weighted by molar-refractivity contribution is 9.10. The number of pyridine rings is 1. The molecule has 0 fully saturated rings. The summed E-state index contributed by atoms with van der Waals surface area (Å²) in [6.07, 6.45) is 1.84. The van der Waals surface area contributed by atoms with E-state index in [1.807, 2.05) is 25.3 Å². The molecule has 1 aromatic heterocycles. The van der Waals surface area contributed by atoms with Gasteiger partial charge in [-0.3, -0.25) is 0 Å². The van der Waals surface area contributed by atoms with E-state index >= 15 is 0 Å². The van der Waals surface area contributed by atoms with Crippen LogP contribution in [0.25, 0.3) is 0 Å². The predicted octanol–water partition coefficient (Wildman–Crippen LogP) is 5.09. The lowest BCUT2D eigenvalue weighted by molar-refractivity contribution is 0.876. The van der Waals surface area contributed by atoms with Gasteiger partial charge in [0, 0.05) is 10.5 Å². The molecule has 4 heteroatoms. The summed E-state index contributed by atoms with van der Waals surface area (Å²) in [5.41, 5.74) is 3.39. The molecule has 0 aliphatic heterocycles. The Morgan fingerprint density at radius 2 is 1.94 bits per heavy atom. The van der Waals surface area contributed by atoms with Crippen LogP contribution in [0.15, 0.2) is 45.6 Å². The molecule has 0 radical (unpaired) electrons. The molecule has 1 aromatic carbocycles. The Bertz CT molecular complexity index is 555. The monoisotopic (exact) mass is 368 g/mol. The number of anilines is 1. The van der Waals surface area contributed by atoms with E-state index in [0.717, 1.165) is 20.3 Å². The minimum Gasteiger partial charge on any atom is -0.377 e. The lowest BCUT2D eigenvalue weighted by Gasteiger charge is -2.17. The SMILES string of the molecule is Cc1cc(NC(C)c2ccccc2Br)cnc1Br. The van der Waals surface area contributed by atoms with Crippen molar-refractivity contribution < 1.29 is 0 Å². The van der Waals surface area contributed by atoms with Crippen LogP contribution < -0.4 is 5.32 Å². The van der Waals surface area contributed by atoms with Gasteiger partial charge in [-0.25, -0.2) is 4.98 Å². The van der Waals surface area contributed by atoms with Gasteiger partial charge in [0.25, 0.3) is 0 Å². The second kappa shape index (κ2) is 5.85. The van der Waals surface area contributed by atoms with Crippen LogP contribution in [0.2, 0.25) is 0 Å². The number of hydrogen-bond acceptors (Lipinski definition) is 2. The van der Waals surface area contributed by atoms with Gasteiger partial charge < -0.3 is 5.32 Å². The summed E-state index contributed by atoms with van der Waals surface area (Å²) in [4.78, 5) is 4.29. The van der Waals surface area contributed by atoms with Crippen molar-refractivity contribution in [1.29, 1.82) is 0 Å².